The van der Waals surface area contributed by atoms with Crippen LogP contribution in [0.25, 0.3) is 11.1 Å². The van der Waals surface area contributed by atoms with Crippen LogP contribution in [-0.4, -0.2) is 9.91 Å². The van der Waals surface area contributed by atoms with Gasteiger partial charge in [-0.15, -0.1) is 0 Å². The molecule has 0 unspecified atom stereocenters. The van der Waals surface area contributed by atoms with Crippen LogP contribution in [0.2, 0.25) is 0 Å². The van der Waals surface area contributed by atoms with Crippen LogP contribution in [0.3, 0.4) is 0 Å². The van der Waals surface area contributed by atoms with E-state index in [-0.39, 0.29) is 5.69 Å². The van der Waals surface area contributed by atoms with Gasteiger partial charge in [-0.2, -0.15) is 0 Å². The number of benzene rings is 1. The zero-order valence-electron chi connectivity index (χ0n) is 8.13. The molecule has 0 spiro atoms. The maximum absolute atomic E-state index is 10.6. The highest BCUT2D eigenvalue weighted by Gasteiger charge is 2.09. The Morgan fingerprint density at radius 3 is 2.69 bits per heavy atom. The summed E-state index contributed by atoms with van der Waals surface area (Å²) in [6.07, 6.45) is 3.40. The van der Waals surface area contributed by atoms with E-state index in [1.165, 1.54) is 12.1 Å². The van der Waals surface area contributed by atoms with E-state index < -0.39 is 4.92 Å². The Hall–Kier alpha value is -1.75. The second-order valence-electron chi connectivity index (χ2n) is 3.16. The summed E-state index contributed by atoms with van der Waals surface area (Å²) in [5.41, 5.74) is 1.88. The van der Waals surface area contributed by atoms with E-state index in [0.29, 0.717) is 4.47 Å². The first-order valence-corrected chi connectivity index (χ1v) is 5.32. The number of aromatic nitrogens is 1. The summed E-state index contributed by atoms with van der Waals surface area (Å²) in [6.45, 7) is 0. The molecule has 0 saturated heterocycles. The number of pyridine rings is 1. The van der Waals surface area contributed by atoms with Crippen molar-refractivity contribution in [3.63, 3.8) is 0 Å². The molecule has 0 N–H and O–H groups in total. The Morgan fingerprint density at radius 1 is 1.31 bits per heavy atom. The van der Waals surface area contributed by atoms with Gasteiger partial charge < -0.3 is 0 Å². The van der Waals surface area contributed by atoms with Crippen molar-refractivity contribution in [1.82, 2.24) is 4.98 Å². The summed E-state index contributed by atoms with van der Waals surface area (Å²) < 4.78 is 0.690. The highest BCUT2D eigenvalue weighted by Crippen LogP contribution is 2.30. The lowest BCUT2D eigenvalue weighted by atomic mass is 10.1. The summed E-state index contributed by atoms with van der Waals surface area (Å²) in [5.74, 6) is 0. The van der Waals surface area contributed by atoms with Gasteiger partial charge in [-0.05, 0) is 33.6 Å². The summed E-state index contributed by atoms with van der Waals surface area (Å²) in [5, 5.41) is 10.6. The molecule has 16 heavy (non-hydrogen) atoms. The van der Waals surface area contributed by atoms with Gasteiger partial charge in [-0.3, -0.25) is 15.1 Å². The van der Waals surface area contributed by atoms with Gasteiger partial charge in [0.15, 0.2) is 0 Å². The number of rotatable bonds is 2. The Kier molecular flexibility index (Phi) is 2.96. The fraction of sp³-hybridized carbons (Fsp3) is 0. The molecule has 5 heteroatoms. The first-order chi connectivity index (χ1) is 7.68. The van der Waals surface area contributed by atoms with E-state index in [1.54, 1.807) is 18.5 Å². The summed E-state index contributed by atoms with van der Waals surface area (Å²) in [4.78, 5) is 14.2. The first-order valence-electron chi connectivity index (χ1n) is 4.53. The fourth-order valence-electron chi connectivity index (χ4n) is 1.37. The number of halogens is 1. The molecule has 0 aliphatic carbocycles. The van der Waals surface area contributed by atoms with Gasteiger partial charge in [0.05, 0.1) is 4.92 Å². The van der Waals surface area contributed by atoms with Gasteiger partial charge in [0.1, 0.15) is 0 Å². The van der Waals surface area contributed by atoms with Crippen LogP contribution in [0.4, 0.5) is 5.69 Å². The molecule has 80 valence electrons. The zero-order valence-corrected chi connectivity index (χ0v) is 9.72. The molecule has 0 radical (unpaired) electrons. The molecule has 2 rings (SSSR count). The van der Waals surface area contributed by atoms with Gasteiger partial charge in [0.25, 0.3) is 5.69 Å². The van der Waals surface area contributed by atoms with E-state index in [1.807, 2.05) is 12.1 Å². The number of hydrogen-bond acceptors (Lipinski definition) is 3. The Morgan fingerprint density at radius 2 is 2.12 bits per heavy atom. The largest absolute Gasteiger partial charge is 0.270 e. The molecule has 0 aliphatic rings. The number of hydrogen-bond donors (Lipinski definition) is 0. The number of non-ortho nitro benzene ring substituents is 1. The third-order valence-corrected chi connectivity index (χ3v) is 2.79. The van der Waals surface area contributed by atoms with Crippen LogP contribution in [0.5, 0.6) is 0 Å². The standard InChI is InChI=1S/C11H7BrN2O2/c12-11-6-9(14(15)16)3-4-10(11)8-2-1-5-13-7-8/h1-7H. The van der Waals surface area contributed by atoms with Gasteiger partial charge >= 0.3 is 0 Å². The van der Waals surface area contributed by atoms with Crippen molar-refractivity contribution >= 4 is 21.6 Å². The summed E-state index contributed by atoms with van der Waals surface area (Å²) in [7, 11) is 0. The second-order valence-corrected chi connectivity index (χ2v) is 4.02. The van der Waals surface area contributed by atoms with E-state index in [9.17, 15) is 10.1 Å². The minimum atomic E-state index is -0.419. The predicted octanol–water partition coefficient (Wildman–Crippen LogP) is 3.42. The van der Waals surface area contributed by atoms with Crippen LogP contribution < -0.4 is 0 Å². The van der Waals surface area contributed by atoms with Gasteiger partial charge in [-0.25, -0.2) is 0 Å². The molecule has 4 nitrogen and oxygen atoms in total. The lowest BCUT2D eigenvalue weighted by molar-refractivity contribution is -0.384. The summed E-state index contributed by atoms with van der Waals surface area (Å²) >= 11 is 3.32. The average Bonchev–Trinajstić information content (AvgIpc) is 2.30. The highest BCUT2D eigenvalue weighted by molar-refractivity contribution is 9.10. The van der Waals surface area contributed by atoms with Crippen molar-refractivity contribution in [2.45, 2.75) is 0 Å². The van der Waals surface area contributed by atoms with E-state index in [4.69, 9.17) is 0 Å². The molecule has 1 heterocycles. The quantitative estimate of drug-likeness (QED) is 0.625. The van der Waals surface area contributed by atoms with Crippen molar-refractivity contribution in [2.75, 3.05) is 0 Å². The smallest absolute Gasteiger partial charge is 0.264 e. The van der Waals surface area contributed by atoms with Gasteiger partial charge in [0.2, 0.25) is 0 Å². The van der Waals surface area contributed by atoms with Crippen LogP contribution >= 0.6 is 15.9 Å². The molecular formula is C11H7BrN2O2. The normalized spacial score (nSPS) is 10.1. The molecule has 0 aliphatic heterocycles. The summed E-state index contributed by atoms with van der Waals surface area (Å²) in [6, 6.07) is 8.40. The van der Waals surface area contributed by atoms with Crippen molar-refractivity contribution in [3.8, 4) is 11.1 Å². The van der Waals surface area contributed by atoms with Crippen LogP contribution in [0, 0.1) is 10.1 Å². The molecule has 0 amide bonds. The van der Waals surface area contributed by atoms with E-state index in [0.717, 1.165) is 11.1 Å². The SMILES string of the molecule is O=[N+]([O-])c1ccc(-c2cccnc2)c(Br)c1. The zero-order chi connectivity index (χ0) is 11.5. The molecule has 0 fully saturated rings. The maximum Gasteiger partial charge on any atom is 0.270 e. The van der Waals surface area contributed by atoms with Gasteiger partial charge in [-0.1, -0.05) is 6.07 Å². The molecule has 0 saturated carbocycles. The minimum absolute atomic E-state index is 0.0690. The predicted molar refractivity (Wildman–Crippen MR) is 64.0 cm³/mol. The molecule has 0 atom stereocenters. The topological polar surface area (TPSA) is 56.0 Å². The number of nitro benzene ring substituents is 1. The third-order valence-electron chi connectivity index (χ3n) is 2.14. The van der Waals surface area contributed by atoms with E-state index in [2.05, 4.69) is 20.9 Å². The van der Waals surface area contributed by atoms with Crippen molar-refractivity contribution < 1.29 is 4.92 Å². The number of nitrogens with zero attached hydrogens (tertiary/aromatic N) is 2. The van der Waals surface area contributed by atoms with Crippen LogP contribution in [-0.2, 0) is 0 Å². The van der Waals surface area contributed by atoms with Crippen molar-refractivity contribution in [3.05, 3.63) is 57.3 Å². The Labute approximate surface area is 100 Å². The minimum Gasteiger partial charge on any atom is -0.264 e. The third kappa shape index (κ3) is 2.09. The molecule has 0 bridgehead atoms. The molecule has 1 aromatic carbocycles. The van der Waals surface area contributed by atoms with Crippen LogP contribution in [0.15, 0.2) is 47.2 Å². The van der Waals surface area contributed by atoms with Crippen LogP contribution in [0.1, 0.15) is 0 Å². The van der Waals surface area contributed by atoms with E-state index >= 15 is 0 Å². The molecule has 1 aromatic heterocycles. The van der Waals surface area contributed by atoms with Crippen molar-refractivity contribution in [1.29, 1.82) is 0 Å². The first kappa shape index (κ1) is 10.8. The Balaban J connectivity index is 2.48. The Bertz CT molecular complexity index is 529. The second kappa shape index (κ2) is 4.40. The molecule has 2 aromatic rings. The molecular weight excluding hydrogens is 272 g/mol. The average molecular weight is 279 g/mol. The fourth-order valence-corrected chi connectivity index (χ4v) is 1.97. The maximum atomic E-state index is 10.6. The highest BCUT2D eigenvalue weighted by atomic mass is 79.9. The van der Waals surface area contributed by atoms with Crippen molar-refractivity contribution in [2.24, 2.45) is 0 Å². The lowest BCUT2D eigenvalue weighted by Crippen LogP contribution is -1.88. The monoisotopic (exact) mass is 278 g/mol. The number of nitro groups is 1. The lowest BCUT2D eigenvalue weighted by Gasteiger charge is -2.03. The van der Waals surface area contributed by atoms with Gasteiger partial charge in [0, 0.05) is 34.6 Å².